The Hall–Kier alpha value is -1.83. The van der Waals surface area contributed by atoms with Crippen molar-refractivity contribution in [2.45, 2.75) is 19.8 Å². The van der Waals surface area contributed by atoms with Gasteiger partial charge in [-0.25, -0.2) is 4.98 Å². The van der Waals surface area contributed by atoms with Crippen LogP contribution < -0.4 is 0 Å². The number of aryl methyl sites for hydroxylation is 1. The van der Waals surface area contributed by atoms with Crippen LogP contribution in [0.3, 0.4) is 0 Å². The molecule has 0 spiro atoms. The van der Waals surface area contributed by atoms with Gasteiger partial charge in [0.2, 0.25) is 4.96 Å². The van der Waals surface area contributed by atoms with Crippen molar-refractivity contribution in [2.24, 2.45) is 0 Å². The minimum absolute atomic E-state index is 0.611. The van der Waals surface area contributed by atoms with E-state index in [0.29, 0.717) is 6.42 Å². The third kappa shape index (κ3) is 2.99. The lowest BCUT2D eigenvalue weighted by atomic mass is 10.1. The topological polar surface area (TPSA) is 56.0 Å². The molecule has 23 heavy (non-hydrogen) atoms. The molecule has 0 radical (unpaired) electrons. The van der Waals surface area contributed by atoms with E-state index in [1.54, 1.807) is 22.7 Å². The van der Waals surface area contributed by atoms with Crippen molar-refractivity contribution in [3.63, 3.8) is 0 Å². The zero-order valence-electron chi connectivity index (χ0n) is 12.2. The zero-order valence-corrected chi connectivity index (χ0v) is 14.6. The first-order valence-electron chi connectivity index (χ1n) is 7.03. The first-order valence-corrected chi connectivity index (χ1v) is 9.11. The Bertz CT molecular complexity index is 971. The van der Waals surface area contributed by atoms with E-state index in [1.165, 1.54) is 0 Å². The Labute approximate surface area is 145 Å². The van der Waals surface area contributed by atoms with E-state index in [2.05, 4.69) is 25.7 Å². The molecule has 4 aromatic rings. The number of hydrogen-bond acceptors (Lipinski definition) is 6. The molecule has 0 aliphatic rings. The van der Waals surface area contributed by atoms with Crippen LogP contribution in [-0.4, -0.2) is 24.8 Å². The number of hydrogen-bond donors (Lipinski definition) is 0. The van der Waals surface area contributed by atoms with E-state index in [1.807, 2.05) is 35.7 Å². The molecule has 0 fully saturated rings. The van der Waals surface area contributed by atoms with Gasteiger partial charge in [0.15, 0.2) is 5.82 Å². The van der Waals surface area contributed by atoms with Gasteiger partial charge in [-0.1, -0.05) is 41.1 Å². The minimum Gasteiger partial charge on any atom is -0.246 e. The SMILES string of the molecule is Cc1nc(Cc2nn3c(Cc4ccccc4Cl)nnc3s2)cs1. The lowest BCUT2D eigenvalue weighted by molar-refractivity contribution is 0.828. The van der Waals surface area contributed by atoms with Crippen molar-refractivity contribution in [1.29, 1.82) is 0 Å². The van der Waals surface area contributed by atoms with Gasteiger partial charge in [0.1, 0.15) is 5.01 Å². The summed E-state index contributed by atoms with van der Waals surface area (Å²) in [7, 11) is 0. The zero-order chi connectivity index (χ0) is 15.8. The van der Waals surface area contributed by atoms with Crippen LogP contribution >= 0.6 is 34.3 Å². The molecule has 116 valence electrons. The molecule has 1 aromatic carbocycles. The molecule has 4 rings (SSSR count). The minimum atomic E-state index is 0.611. The predicted molar refractivity (Wildman–Crippen MR) is 92.6 cm³/mol. The Balaban J connectivity index is 1.63. The molecule has 0 unspecified atom stereocenters. The van der Waals surface area contributed by atoms with Gasteiger partial charge in [-0.15, -0.1) is 21.5 Å². The number of aromatic nitrogens is 5. The van der Waals surface area contributed by atoms with Gasteiger partial charge in [0, 0.05) is 23.2 Å². The summed E-state index contributed by atoms with van der Waals surface area (Å²) in [4.78, 5) is 5.28. The maximum Gasteiger partial charge on any atom is 0.234 e. The summed E-state index contributed by atoms with van der Waals surface area (Å²) in [6, 6.07) is 7.76. The Kier molecular flexibility index (Phi) is 3.84. The van der Waals surface area contributed by atoms with E-state index in [9.17, 15) is 0 Å². The maximum absolute atomic E-state index is 6.22. The first kappa shape index (κ1) is 14.7. The molecular formula is C15H12ClN5S2. The van der Waals surface area contributed by atoms with Crippen molar-refractivity contribution < 1.29 is 0 Å². The molecule has 0 aliphatic carbocycles. The van der Waals surface area contributed by atoms with Gasteiger partial charge in [-0.3, -0.25) is 0 Å². The van der Waals surface area contributed by atoms with Gasteiger partial charge < -0.3 is 0 Å². The third-order valence-corrected chi connectivity index (χ3v) is 5.49. The average molecular weight is 362 g/mol. The summed E-state index contributed by atoms with van der Waals surface area (Å²) in [5.41, 5.74) is 2.07. The molecular weight excluding hydrogens is 350 g/mol. The second-order valence-corrected chi connectivity index (χ2v) is 7.62. The van der Waals surface area contributed by atoms with Crippen LogP contribution in [0.15, 0.2) is 29.6 Å². The smallest absolute Gasteiger partial charge is 0.234 e. The molecule has 3 heterocycles. The van der Waals surface area contributed by atoms with Gasteiger partial charge >= 0.3 is 0 Å². The fourth-order valence-electron chi connectivity index (χ4n) is 2.34. The molecule has 0 aliphatic heterocycles. The quantitative estimate of drug-likeness (QED) is 0.555. The monoisotopic (exact) mass is 361 g/mol. The van der Waals surface area contributed by atoms with Crippen molar-refractivity contribution in [1.82, 2.24) is 24.8 Å². The Morgan fingerprint density at radius 2 is 2.04 bits per heavy atom. The summed E-state index contributed by atoms with van der Waals surface area (Å²) in [6.07, 6.45) is 1.34. The van der Waals surface area contributed by atoms with Gasteiger partial charge in [0.25, 0.3) is 0 Å². The highest BCUT2D eigenvalue weighted by molar-refractivity contribution is 7.16. The standard InChI is InChI=1S/C15H12ClN5S2/c1-9-17-11(8-22-9)7-14-20-21-13(18-19-15(21)23-14)6-10-4-2-3-5-12(10)16/h2-5,8H,6-7H2,1H3. The summed E-state index contributed by atoms with van der Waals surface area (Å²) in [6.45, 7) is 2.01. The van der Waals surface area contributed by atoms with Gasteiger partial charge in [0.05, 0.1) is 10.7 Å². The molecule has 0 saturated heterocycles. The predicted octanol–water partition coefficient (Wildman–Crippen LogP) is 3.79. The highest BCUT2D eigenvalue weighted by Gasteiger charge is 2.14. The van der Waals surface area contributed by atoms with Crippen LogP contribution in [0.25, 0.3) is 4.96 Å². The number of fused-ring (bicyclic) bond motifs is 1. The normalized spacial score (nSPS) is 11.4. The number of halogens is 1. The van der Waals surface area contributed by atoms with Gasteiger partial charge in [-0.2, -0.15) is 9.61 Å². The lowest BCUT2D eigenvalue weighted by Gasteiger charge is -2.00. The van der Waals surface area contributed by atoms with Crippen LogP contribution in [0.2, 0.25) is 5.02 Å². The van der Waals surface area contributed by atoms with Crippen LogP contribution in [0.1, 0.15) is 27.1 Å². The van der Waals surface area contributed by atoms with Gasteiger partial charge in [-0.05, 0) is 18.6 Å². The van der Waals surface area contributed by atoms with Crippen LogP contribution in [0.5, 0.6) is 0 Å². The average Bonchev–Trinajstić information content (AvgIpc) is 3.20. The van der Waals surface area contributed by atoms with E-state index in [4.69, 9.17) is 11.6 Å². The van der Waals surface area contributed by atoms with E-state index < -0.39 is 0 Å². The Morgan fingerprint density at radius 3 is 2.83 bits per heavy atom. The molecule has 0 bridgehead atoms. The number of rotatable bonds is 4. The fraction of sp³-hybridized carbons (Fsp3) is 0.200. The third-order valence-electron chi connectivity index (χ3n) is 3.40. The van der Waals surface area contributed by atoms with Crippen molar-refractivity contribution in [3.05, 3.63) is 61.8 Å². The summed E-state index contributed by atoms with van der Waals surface area (Å²) >= 11 is 9.43. The second kappa shape index (κ2) is 5.99. The molecule has 8 heteroatoms. The lowest BCUT2D eigenvalue weighted by Crippen LogP contribution is -1.99. The van der Waals surface area contributed by atoms with E-state index >= 15 is 0 Å². The van der Waals surface area contributed by atoms with Crippen molar-refractivity contribution in [3.8, 4) is 0 Å². The highest BCUT2D eigenvalue weighted by atomic mass is 35.5. The van der Waals surface area contributed by atoms with Crippen molar-refractivity contribution >= 4 is 39.2 Å². The molecule has 3 aromatic heterocycles. The summed E-state index contributed by atoms with van der Waals surface area (Å²) in [5, 5.41) is 18.0. The fourth-order valence-corrected chi connectivity index (χ4v) is 4.02. The molecule has 0 atom stereocenters. The second-order valence-electron chi connectivity index (χ2n) is 5.11. The maximum atomic E-state index is 6.22. The molecule has 5 nitrogen and oxygen atoms in total. The molecule has 0 N–H and O–H groups in total. The largest absolute Gasteiger partial charge is 0.246 e. The number of thiazole rings is 1. The highest BCUT2D eigenvalue weighted by Crippen LogP contribution is 2.22. The van der Waals surface area contributed by atoms with E-state index in [0.717, 1.165) is 43.5 Å². The van der Waals surface area contributed by atoms with Crippen molar-refractivity contribution in [2.75, 3.05) is 0 Å². The number of nitrogens with zero attached hydrogens (tertiary/aromatic N) is 5. The Morgan fingerprint density at radius 1 is 1.17 bits per heavy atom. The summed E-state index contributed by atoms with van der Waals surface area (Å²) in [5.74, 6) is 0.796. The van der Waals surface area contributed by atoms with E-state index in [-0.39, 0.29) is 0 Å². The van der Waals surface area contributed by atoms with Crippen LogP contribution in [0, 0.1) is 6.92 Å². The first-order chi connectivity index (χ1) is 11.2. The summed E-state index contributed by atoms with van der Waals surface area (Å²) < 4.78 is 1.81. The molecule has 0 amide bonds. The van der Waals surface area contributed by atoms with Crippen LogP contribution in [0.4, 0.5) is 0 Å². The molecule has 0 saturated carbocycles. The van der Waals surface area contributed by atoms with Crippen LogP contribution in [-0.2, 0) is 12.8 Å². The number of benzene rings is 1.